The fraction of sp³-hybridized carbons (Fsp3) is 0.214. The third-order valence-electron chi connectivity index (χ3n) is 6.00. The second-order valence-electron chi connectivity index (χ2n) is 8.27. The monoisotopic (exact) mass is 439 g/mol. The molecule has 0 saturated heterocycles. The Kier molecular flexibility index (Phi) is 5.47. The van der Waals surface area contributed by atoms with Crippen molar-refractivity contribution in [2.24, 2.45) is 0 Å². The van der Waals surface area contributed by atoms with Crippen molar-refractivity contribution in [1.82, 2.24) is 0 Å². The van der Waals surface area contributed by atoms with Crippen LogP contribution in [0, 0.1) is 0 Å². The lowest BCUT2D eigenvalue weighted by Gasteiger charge is -2.23. The van der Waals surface area contributed by atoms with Crippen LogP contribution in [-0.4, -0.2) is 25.0 Å². The van der Waals surface area contributed by atoms with Gasteiger partial charge in [-0.25, -0.2) is 9.59 Å². The fourth-order valence-corrected chi connectivity index (χ4v) is 4.54. The summed E-state index contributed by atoms with van der Waals surface area (Å²) >= 11 is 0. The Labute approximate surface area is 192 Å². The van der Waals surface area contributed by atoms with Crippen LogP contribution in [0.2, 0.25) is 0 Å². The summed E-state index contributed by atoms with van der Waals surface area (Å²) in [5, 5.41) is 1.29. The maximum Gasteiger partial charge on any atom is 0.344 e. The summed E-state index contributed by atoms with van der Waals surface area (Å²) in [5.74, 6) is 0.0993. The molecule has 166 valence electrons. The van der Waals surface area contributed by atoms with Gasteiger partial charge in [0.15, 0.2) is 0 Å². The van der Waals surface area contributed by atoms with Crippen molar-refractivity contribution in [2.75, 3.05) is 18.0 Å². The summed E-state index contributed by atoms with van der Waals surface area (Å²) in [7, 11) is 0. The first-order valence-corrected chi connectivity index (χ1v) is 11.4. The molecule has 5 rings (SSSR count). The largest absolute Gasteiger partial charge is 0.422 e. The van der Waals surface area contributed by atoms with Gasteiger partial charge < -0.3 is 14.4 Å². The first kappa shape index (κ1) is 21.0. The molecule has 2 heterocycles. The quantitative estimate of drug-likeness (QED) is 0.416. The van der Waals surface area contributed by atoms with Gasteiger partial charge in [0.2, 0.25) is 0 Å². The van der Waals surface area contributed by atoms with Crippen molar-refractivity contribution in [2.45, 2.75) is 26.7 Å². The number of esters is 2. The number of nitrogens with zero attached hydrogens (tertiary/aromatic N) is 1. The number of fused-ring (bicyclic) bond motifs is 2. The lowest BCUT2D eigenvalue weighted by molar-refractivity contribution is -0.128. The van der Waals surface area contributed by atoms with Gasteiger partial charge in [0, 0.05) is 29.2 Å². The minimum absolute atomic E-state index is 0.395. The van der Waals surface area contributed by atoms with Crippen LogP contribution in [-0.2, 0) is 9.59 Å². The number of rotatable bonds is 7. The van der Waals surface area contributed by atoms with Crippen molar-refractivity contribution in [3.63, 3.8) is 0 Å². The van der Waals surface area contributed by atoms with E-state index in [4.69, 9.17) is 9.47 Å². The van der Waals surface area contributed by atoms with E-state index in [1.807, 2.05) is 54.6 Å². The minimum atomic E-state index is -0.399. The van der Waals surface area contributed by atoms with Gasteiger partial charge in [-0.2, -0.15) is 0 Å². The Morgan fingerprint density at radius 3 is 1.64 bits per heavy atom. The van der Waals surface area contributed by atoms with Crippen LogP contribution >= 0.6 is 0 Å². The predicted octanol–water partition coefficient (Wildman–Crippen LogP) is 3.55. The van der Waals surface area contributed by atoms with Crippen LogP contribution in [0.4, 0.5) is 5.69 Å². The highest BCUT2D eigenvalue weighted by Crippen LogP contribution is 2.28. The Balaban J connectivity index is 1.60. The molecule has 0 spiro atoms. The van der Waals surface area contributed by atoms with Crippen molar-refractivity contribution in [1.29, 1.82) is 0 Å². The minimum Gasteiger partial charge on any atom is -0.422 e. The number of anilines is 1. The smallest absolute Gasteiger partial charge is 0.344 e. The van der Waals surface area contributed by atoms with Gasteiger partial charge in [-0.3, -0.25) is 0 Å². The van der Waals surface area contributed by atoms with Crippen molar-refractivity contribution in [3.8, 4) is 11.5 Å². The molecule has 0 fully saturated rings. The molecule has 0 saturated carbocycles. The zero-order valence-corrected chi connectivity index (χ0v) is 18.8. The molecular weight excluding hydrogens is 414 g/mol. The molecule has 0 amide bonds. The molecule has 0 bridgehead atoms. The summed E-state index contributed by atoms with van der Waals surface area (Å²) < 4.78 is 11.2. The molecule has 0 radical (unpaired) electrons. The number of hydrogen-bond acceptors (Lipinski definition) is 5. The topological polar surface area (TPSA) is 55.8 Å². The Hall–Kier alpha value is -3.86. The zero-order valence-electron chi connectivity index (χ0n) is 18.8. The van der Waals surface area contributed by atoms with Crippen LogP contribution in [0.1, 0.15) is 37.8 Å². The summed E-state index contributed by atoms with van der Waals surface area (Å²) in [4.78, 5) is 27.8. The Bertz CT molecular complexity index is 1350. The van der Waals surface area contributed by atoms with E-state index < -0.39 is 11.9 Å². The highest BCUT2D eigenvalue weighted by Gasteiger charge is 2.30. The number of benzene rings is 3. The molecule has 0 unspecified atom stereocenters. The molecular formula is C28H25NO4. The molecule has 33 heavy (non-hydrogen) atoms. The highest BCUT2D eigenvalue weighted by atomic mass is 16.5. The van der Waals surface area contributed by atoms with Gasteiger partial charge in [0.05, 0.1) is 11.1 Å². The molecule has 5 nitrogen and oxygen atoms in total. The van der Waals surface area contributed by atoms with E-state index in [1.165, 1.54) is 0 Å². The first-order chi connectivity index (χ1) is 16.1. The van der Waals surface area contributed by atoms with E-state index in [0.717, 1.165) is 42.7 Å². The molecule has 2 aliphatic heterocycles. The van der Waals surface area contributed by atoms with Crippen LogP contribution in [0.25, 0.3) is 11.1 Å². The maximum atomic E-state index is 12.8. The summed E-state index contributed by atoms with van der Waals surface area (Å²) in [6, 6.07) is 20.9. The maximum absolute atomic E-state index is 12.8. The predicted molar refractivity (Wildman–Crippen MR) is 128 cm³/mol. The van der Waals surface area contributed by atoms with E-state index in [0.29, 0.717) is 33.1 Å². The first-order valence-electron chi connectivity index (χ1n) is 11.4. The van der Waals surface area contributed by atoms with Crippen molar-refractivity contribution < 1.29 is 19.1 Å². The van der Waals surface area contributed by atoms with Crippen molar-refractivity contribution >= 4 is 28.8 Å². The summed E-state index contributed by atoms with van der Waals surface area (Å²) in [6.45, 7) is 6.33. The van der Waals surface area contributed by atoms with Gasteiger partial charge in [0.25, 0.3) is 0 Å². The standard InChI is InChI=1S/C28H25NO4/c1-3-14-29(15-4-2)20-12-10-19(11-13-20)26-22-17-23-21(16-24(22)33-28(26)31)25(27(30)32-23)18-8-6-5-7-9-18/h5-13,16-17H,3-4,14-15H2,1-2H3. The molecule has 0 atom stereocenters. The van der Waals surface area contributed by atoms with Crippen LogP contribution in [0.15, 0.2) is 66.7 Å². The number of ether oxygens (including phenoxy) is 2. The molecule has 2 aliphatic rings. The van der Waals surface area contributed by atoms with Gasteiger partial charge in [-0.15, -0.1) is 0 Å². The molecule has 0 aromatic heterocycles. The third-order valence-corrected chi connectivity index (χ3v) is 6.00. The van der Waals surface area contributed by atoms with Crippen LogP contribution in [0.5, 0.6) is 11.5 Å². The highest BCUT2D eigenvalue weighted by molar-refractivity contribution is 6.21. The van der Waals surface area contributed by atoms with Gasteiger partial charge >= 0.3 is 11.9 Å². The number of hydrogen-bond donors (Lipinski definition) is 0. The van der Waals surface area contributed by atoms with Gasteiger partial charge in [0.1, 0.15) is 11.5 Å². The average molecular weight is 440 g/mol. The lowest BCUT2D eigenvalue weighted by atomic mass is 10.0. The number of carbonyl (C=O) groups excluding carboxylic acids is 2. The molecule has 0 N–H and O–H groups in total. The van der Waals surface area contributed by atoms with E-state index in [9.17, 15) is 9.59 Å². The van der Waals surface area contributed by atoms with E-state index in [1.54, 1.807) is 12.1 Å². The summed E-state index contributed by atoms with van der Waals surface area (Å²) in [6.07, 6.45) is 2.15. The molecule has 3 aromatic rings. The molecule has 3 aromatic carbocycles. The second-order valence-corrected chi connectivity index (χ2v) is 8.27. The van der Waals surface area contributed by atoms with Crippen LogP contribution in [0.3, 0.4) is 0 Å². The zero-order chi connectivity index (χ0) is 22.9. The van der Waals surface area contributed by atoms with E-state index >= 15 is 0 Å². The second kappa shape index (κ2) is 8.58. The SMILES string of the molecule is CCCN(CCC)c1ccc(C2=c3cc4c(cc3OC2=O)=C(c2ccccc2)C(=O)O4)cc1. The van der Waals surface area contributed by atoms with E-state index in [-0.39, 0.29) is 0 Å². The van der Waals surface area contributed by atoms with Gasteiger partial charge in [-0.1, -0.05) is 56.3 Å². The van der Waals surface area contributed by atoms with Crippen LogP contribution < -0.4 is 24.8 Å². The molecule has 0 aliphatic carbocycles. The van der Waals surface area contributed by atoms with Crippen molar-refractivity contribution in [3.05, 3.63) is 88.3 Å². The number of carbonyl (C=O) groups is 2. The fourth-order valence-electron chi connectivity index (χ4n) is 4.54. The normalized spacial score (nSPS) is 14.1. The Morgan fingerprint density at radius 1 is 0.667 bits per heavy atom. The van der Waals surface area contributed by atoms with E-state index in [2.05, 4.69) is 18.7 Å². The molecule has 5 heteroatoms. The summed E-state index contributed by atoms with van der Waals surface area (Å²) in [5.41, 5.74) is 3.66. The average Bonchev–Trinajstić information content (AvgIpc) is 3.32. The van der Waals surface area contributed by atoms with Gasteiger partial charge in [-0.05, 0) is 48.2 Å². The third kappa shape index (κ3) is 3.69. The Morgan fingerprint density at radius 2 is 1.15 bits per heavy atom. The lowest BCUT2D eigenvalue weighted by Crippen LogP contribution is -2.24.